The third-order valence-electron chi connectivity index (χ3n) is 3.44. The Kier molecular flexibility index (Phi) is 4.79. The molecule has 0 amide bonds. The van der Waals surface area contributed by atoms with Gasteiger partial charge >= 0.3 is 0 Å². The maximum Gasteiger partial charge on any atom is 0.222 e. The number of hydrogen-bond acceptors (Lipinski definition) is 4. The molecule has 1 saturated heterocycles. The smallest absolute Gasteiger partial charge is 0.222 e. The fourth-order valence-corrected chi connectivity index (χ4v) is 2.84. The van der Waals surface area contributed by atoms with E-state index < -0.39 is 0 Å². The van der Waals surface area contributed by atoms with Crippen LogP contribution in [-0.4, -0.2) is 29.2 Å². The molecular formula is C14H22BrN3O. The maximum absolute atomic E-state index is 5.97. The monoisotopic (exact) mass is 327 g/mol. The first-order valence-corrected chi connectivity index (χ1v) is 7.59. The lowest BCUT2D eigenvalue weighted by molar-refractivity contribution is -0.0814. The summed E-state index contributed by atoms with van der Waals surface area (Å²) in [5, 5.41) is 3.32. The van der Waals surface area contributed by atoms with E-state index in [0.29, 0.717) is 18.0 Å². The molecule has 2 unspecified atom stereocenters. The molecule has 1 fully saturated rings. The van der Waals surface area contributed by atoms with Gasteiger partial charge in [0, 0.05) is 31.5 Å². The quantitative estimate of drug-likeness (QED) is 0.923. The molecule has 0 aromatic carbocycles. The standard InChI is InChI=1S/C14H22BrN3O/c1-14(2,3)12-10(5-4-6-19-12)7-16-13-17-8-11(15)9-18-13/h8-10,12H,4-7H2,1-3H3,(H,16,17,18). The topological polar surface area (TPSA) is 47.0 Å². The van der Waals surface area contributed by atoms with Gasteiger partial charge in [0.05, 0.1) is 10.6 Å². The van der Waals surface area contributed by atoms with Gasteiger partial charge in [-0.3, -0.25) is 0 Å². The first-order chi connectivity index (χ1) is 8.97. The minimum atomic E-state index is 0.174. The Labute approximate surface area is 123 Å². The van der Waals surface area contributed by atoms with Crippen molar-refractivity contribution < 1.29 is 4.74 Å². The largest absolute Gasteiger partial charge is 0.377 e. The highest BCUT2D eigenvalue weighted by Crippen LogP contribution is 2.34. The molecule has 1 aromatic heterocycles. The van der Waals surface area contributed by atoms with E-state index in [1.54, 1.807) is 12.4 Å². The summed E-state index contributed by atoms with van der Waals surface area (Å²) in [4.78, 5) is 8.48. The molecule has 1 N–H and O–H groups in total. The van der Waals surface area contributed by atoms with Crippen molar-refractivity contribution in [1.29, 1.82) is 0 Å². The normalized spacial score (nSPS) is 24.2. The van der Waals surface area contributed by atoms with Crippen LogP contribution in [0.1, 0.15) is 33.6 Å². The molecule has 19 heavy (non-hydrogen) atoms. The Balaban J connectivity index is 1.94. The van der Waals surface area contributed by atoms with E-state index >= 15 is 0 Å². The number of halogens is 1. The molecule has 0 saturated carbocycles. The van der Waals surface area contributed by atoms with Crippen molar-refractivity contribution in [2.24, 2.45) is 11.3 Å². The first kappa shape index (κ1) is 14.7. The fourth-order valence-electron chi connectivity index (χ4n) is 2.64. The van der Waals surface area contributed by atoms with Gasteiger partial charge in [-0.25, -0.2) is 9.97 Å². The molecular weight excluding hydrogens is 306 g/mol. The number of ether oxygens (including phenoxy) is 1. The van der Waals surface area contributed by atoms with Crippen LogP contribution < -0.4 is 5.32 Å². The van der Waals surface area contributed by atoms with Gasteiger partial charge < -0.3 is 10.1 Å². The molecule has 0 radical (unpaired) electrons. The lowest BCUT2D eigenvalue weighted by Crippen LogP contribution is -2.42. The summed E-state index contributed by atoms with van der Waals surface area (Å²) in [6.07, 6.45) is 6.15. The van der Waals surface area contributed by atoms with Gasteiger partial charge in [-0.1, -0.05) is 20.8 Å². The van der Waals surface area contributed by atoms with E-state index in [2.05, 4.69) is 52.0 Å². The minimum Gasteiger partial charge on any atom is -0.377 e. The predicted molar refractivity (Wildman–Crippen MR) is 80.1 cm³/mol. The van der Waals surface area contributed by atoms with E-state index in [4.69, 9.17) is 4.74 Å². The Morgan fingerprint density at radius 1 is 1.37 bits per heavy atom. The van der Waals surface area contributed by atoms with Crippen LogP contribution in [0.25, 0.3) is 0 Å². The van der Waals surface area contributed by atoms with Crippen LogP contribution >= 0.6 is 15.9 Å². The third kappa shape index (κ3) is 4.14. The van der Waals surface area contributed by atoms with E-state index in [1.807, 2.05) is 0 Å². The van der Waals surface area contributed by atoms with Gasteiger partial charge in [-0.05, 0) is 34.2 Å². The number of nitrogens with zero attached hydrogens (tertiary/aromatic N) is 2. The van der Waals surface area contributed by atoms with Gasteiger partial charge in [0.1, 0.15) is 0 Å². The maximum atomic E-state index is 5.97. The number of nitrogens with one attached hydrogen (secondary N) is 1. The summed E-state index contributed by atoms with van der Waals surface area (Å²) in [7, 11) is 0. The van der Waals surface area contributed by atoms with E-state index in [1.165, 1.54) is 6.42 Å². The molecule has 2 heterocycles. The molecule has 0 spiro atoms. The Bertz CT molecular complexity index is 402. The minimum absolute atomic E-state index is 0.174. The molecule has 2 atom stereocenters. The number of anilines is 1. The molecule has 1 aliphatic heterocycles. The van der Waals surface area contributed by atoms with Crippen LogP contribution in [0, 0.1) is 11.3 Å². The van der Waals surface area contributed by atoms with Crippen molar-refractivity contribution in [2.75, 3.05) is 18.5 Å². The van der Waals surface area contributed by atoms with Crippen LogP contribution in [0.15, 0.2) is 16.9 Å². The van der Waals surface area contributed by atoms with Crippen LogP contribution in [0.4, 0.5) is 5.95 Å². The van der Waals surface area contributed by atoms with Gasteiger partial charge in [-0.2, -0.15) is 0 Å². The summed E-state index contributed by atoms with van der Waals surface area (Å²) >= 11 is 3.34. The summed E-state index contributed by atoms with van der Waals surface area (Å²) < 4.78 is 6.87. The molecule has 0 aliphatic carbocycles. The third-order valence-corrected chi connectivity index (χ3v) is 3.85. The molecule has 2 rings (SSSR count). The molecule has 1 aliphatic rings. The second-order valence-corrected chi connectivity index (χ2v) is 7.08. The van der Waals surface area contributed by atoms with Crippen molar-refractivity contribution in [3.8, 4) is 0 Å². The van der Waals surface area contributed by atoms with E-state index in [9.17, 15) is 0 Å². The zero-order valence-corrected chi connectivity index (χ0v) is 13.4. The number of hydrogen-bond donors (Lipinski definition) is 1. The average molecular weight is 328 g/mol. The molecule has 106 valence electrons. The van der Waals surface area contributed by atoms with Crippen LogP contribution in [0.5, 0.6) is 0 Å². The lowest BCUT2D eigenvalue weighted by Gasteiger charge is -2.40. The van der Waals surface area contributed by atoms with Crippen molar-refractivity contribution in [3.63, 3.8) is 0 Å². The van der Waals surface area contributed by atoms with Gasteiger partial charge in [-0.15, -0.1) is 0 Å². The second-order valence-electron chi connectivity index (χ2n) is 6.17. The van der Waals surface area contributed by atoms with E-state index in [0.717, 1.165) is 24.0 Å². The molecule has 5 heteroatoms. The predicted octanol–water partition coefficient (Wildman–Crippen LogP) is 3.49. The lowest BCUT2D eigenvalue weighted by atomic mass is 9.78. The van der Waals surface area contributed by atoms with E-state index in [-0.39, 0.29) is 5.41 Å². The Morgan fingerprint density at radius 2 is 2.05 bits per heavy atom. The van der Waals surface area contributed by atoms with Gasteiger partial charge in [0.2, 0.25) is 5.95 Å². The second kappa shape index (κ2) is 6.18. The van der Waals surface area contributed by atoms with Crippen LogP contribution in [0.3, 0.4) is 0 Å². The zero-order chi connectivity index (χ0) is 13.9. The number of rotatable bonds is 3. The summed E-state index contributed by atoms with van der Waals surface area (Å²) in [5.74, 6) is 1.20. The van der Waals surface area contributed by atoms with Gasteiger partial charge in [0.25, 0.3) is 0 Å². The summed E-state index contributed by atoms with van der Waals surface area (Å²) in [6.45, 7) is 8.47. The average Bonchev–Trinajstić information content (AvgIpc) is 2.37. The molecule has 1 aromatic rings. The van der Waals surface area contributed by atoms with Crippen molar-refractivity contribution in [3.05, 3.63) is 16.9 Å². The Hall–Kier alpha value is -0.680. The number of aromatic nitrogens is 2. The Morgan fingerprint density at radius 3 is 2.68 bits per heavy atom. The highest BCUT2D eigenvalue weighted by Gasteiger charge is 2.35. The highest BCUT2D eigenvalue weighted by molar-refractivity contribution is 9.10. The van der Waals surface area contributed by atoms with Crippen LogP contribution in [0.2, 0.25) is 0 Å². The summed E-state index contributed by atoms with van der Waals surface area (Å²) in [6, 6.07) is 0. The summed E-state index contributed by atoms with van der Waals surface area (Å²) in [5.41, 5.74) is 0.174. The SMILES string of the molecule is CC(C)(C)C1OCCCC1CNc1ncc(Br)cn1. The van der Waals surface area contributed by atoms with Crippen LogP contribution in [-0.2, 0) is 4.74 Å². The molecule has 4 nitrogen and oxygen atoms in total. The van der Waals surface area contributed by atoms with Gasteiger partial charge in [0.15, 0.2) is 0 Å². The molecule has 0 bridgehead atoms. The first-order valence-electron chi connectivity index (χ1n) is 6.80. The van der Waals surface area contributed by atoms with Crippen molar-refractivity contribution >= 4 is 21.9 Å². The fraction of sp³-hybridized carbons (Fsp3) is 0.714. The van der Waals surface area contributed by atoms with Crippen molar-refractivity contribution in [2.45, 2.75) is 39.7 Å². The van der Waals surface area contributed by atoms with Crippen molar-refractivity contribution in [1.82, 2.24) is 9.97 Å². The highest BCUT2D eigenvalue weighted by atomic mass is 79.9. The zero-order valence-electron chi connectivity index (χ0n) is 11.8.